The minimum absolute atomic E-state index is 0.198. The zero-order valence-electron chi connectivity index (χ0n) is 10.8. The fraction of sp³-hybridized carbons (Fsp3) is 0.400. The normalized spacial score (nSPS) is 15.7. The van der Waals surface area contributed by atoms with Crippen LogP contribution in [0.25, 0.3) is 10.9 Å². The number of hydrogen-bond donors (Lipinski definition) is 0. The van der Waals surface area contributed by atoms with Crippen LogP contribution in [-0.2, 0) is 0 Å². The Morgan fingerprint density at radius 3 is 2.72 bits per heavy atom. The van der Waals surface area contributed by atoms with E-state index in [1.807, 2.05) is 6.92 Å². The molecule has 0 amide bonds. The Morgan fingerprint density at radius 1 is 1.28 bits per heavy atom. The van der Waals surface area contributed by atoms with Gasteiger partial charge in [0.05, 0.1) is 5.52 Å². The van der Waals surface area contributed by atoms with E-state index in [-0.39, 0.29) is 5.82 Å². The first-order chi connectivity index (χ1) is 8.65. The Labute approximate surface area is 106 Å². The molecular formula is C15H17FN2. The lowest BCUT2D eigenvalue weighted by molar-refractivity contribution is 0.401. The van der Waals surface area contributed by atoms with Gasteiger partial charge in [0, 0.05) is 29.9 Å². The molecule has 1 fully saturated rings. The van der Waals surface area contributed by atoms with E-state index in [1.165, 1.54) is 25.3 Å². The van der Waals surface area contributed by atoms with Crippen molar-refractivity contribution in [2.45, 2.75) is 32.2 Å². The maximum absolute atomic E-state index is 13.4. The van der Waals surface area contributed by atoms with Gasteiger partial charge in [-0.25, -0.2) is 4.39 Å². The topological polar surface area (TPSA) is 16.1 Å². The molecule has 1 heterocycles. The largest absolute Gasteiger partial charge is 0.371 e. The van der Waals surface area contributed by atoms with Gasteiger partial charge in [0.15, 0.2) is 0 Å². The number of rotatable bonds is 2. The molecule has 0 spiro atoms. The number of nitrogens with zero attached hydrogens (tertiary/aromatic N) is 2. The van der Waals surface area contributed by atoms with Crippen molar-refractivity contribution >= 4 is 16.6 Å². The molecule has 0 bridgehead atoms. The Balaban J connectivity index is 2.16. The summed E-state index contributed by atoms with van der Waals surface area (Å²) in [6, 6.07) is 7.47. The monoisotopic (exact) mass is 244 g/mol. The van der Waals surface area contributed by atoms with Crippen LogP contribution in [0, 0.1) is 12.7 Å². The van der Waals surface area contributed by atoms with Crippen molar-refractivity contribution < 1.29 is 4.39 Å². The molecule has 2 aromatic rings. The van der Waals surface area contributed by atoms with Crippen LogP contribution in [0.1, 0.15) is 25.0 Å². The average molecular weight is 244 g/mol. The van der Waals surface area contributed by atoms with Crippen LogP contribution in [-0.4, -0.2) is 18.1 Å². The van der Waals surface area contributed by atoms with Crippen molar-refractivity contribution in [3.8, 4) is 0 Å². The van der Waals surface area contributed by atoms with Crippen LogP contribution in [0.3, 0.4) is 0 Å². The molecule has 1 aromatic heterocycles. The third-order valence-corrected chi connectivity index (χ3v) is 3.88. The van der Waals surface area contributed by atoms with Crippen LogP contribution >= 0.6 is 0 Å². The first-order valence-electron chi connectivity index (χ1n) is 6.45. The molecule has 0 aliphatic heterocycles. The van der Waals surface area contributed by atoms with Crippen molar-refractivity contribution in [3.63, 3.8) is 0 Å². The summed E-state index contributed by atoms with van der Waals surface area (Å²) in [4.78, 5) is 6.75. The minimum atomic E-state index is -0.198. The summed E-state index contributed by atoms with van der Waals surface area (Å²) in [5.74, 6) is -0.198. The summed E-state index contributed by atoms with van der Waals surface area (Å²) in [7, 11) is 2.10. The van der Waals surface area contributed by atoms with Crippen LogP contribution in [0.4, 0.5) is 10.1 Å². The van der Waals surface area contributed by atoms with Gasteiger partial charge in [-0.15, -0.1) is 0 Å². The Hall–Kier alpha value is -1.64. The van der Waals surface area contributed by atoms with Crippen molar-refractivity contribution in [1.29, 1.82) is 0 Å². The number of halogens is 1. The minimum Gasteiger partial charge on any atom is -0.371 e. The molecule has 0 atom stereocenters. The maximum atomic E-state index is 13.4. The molecule has 18 heavy (non-hydrogen) atoms. The molecule has 0 unspecified atom stereocenters. The highest BCUT2D eigenvalue weighted by Crippen LogP contribution is 2.33. The molecule has 1 aromatic carbocycles. The smallest absolute Gasteiger partial charge is 0.124 e. The Bertz CT molecular complexity index is 590. The van der Waals surface area contributed by atoms with Crippen LogP contribution < -0.4 is 4.90 Å². The predicted molar refractivity (Wildman–Crippen MR) is 72.5 cm³/mol. The van der Waals surface area contributed by atoms with E-state index in [9.17, 15) is 4.39 Å². The maximum Gasteiger partial charge on any atom is 0.124 e. The second-order valence-electron chi connectivity index (χ2n) is 5.14. The fourth-order valence-corrected chi connectivity index (χ4v) is 2.57. The van der Waals surface area contributed by atoms with Gasteiger partial charge in [-0.1, -0.05) is 0 Å². The van der Waals surface area contributed by atoms with E-state index in [2.05, 4.69) is 23.0 Å². The van der Waals surface area contributed by atoms with E-state index in [0.717, 1.165) is 22.3 Å². The number of aryl methyl sites for hydroxylation is 1. The van der Waals surface area contributed by atoms with Crippen molar-refractivity contribution in [2.24, 2.45) is 0 Å². The van der Waals surface area contributed by atoms with E-state index in [0.29, 0.717) is 6.04 Å². The highest BCUT2D eigenvalue weighted by atomic mass is 19.1. The summed E-state index contributed by atoms with van der Waals surface area (Å²) >= 11 is 0. The molecule has 1 aliphatic carbocycles. The molecular weight excluding hydrogens is 227 g/mol. The fourth-order valence-electron chi connectivity index (χ4n) is 2.57. The summed E-state index contributed by atoms with van der Waals surface area (Å²) in [5, 5.41) is 0.912. The summed E-state index contributed by atoms with van der Waals surface area (Å²) in [6.07, 6.45) is 3.76. The summed E-state index contributed by atoms with van der Waals surface area (Å²) in [6.45, 7) is 1.99. The predicted octanol–water partition coefficient (Wildman–Crippen LogP) is 3.67. The molecule has 0 saturated heterocycles. The van der Waals surface area contributed by atoms with Crippen LogP contribution in [0.5, 0.6) is 0 Å². The number of hydrogen-bond acceptors (Lipinski definition) is 2. The van der Waals surface area contributed by atoms with Gasteiger partial charge in [0.25, 0.3) is 0 Å². The SMILES string of the molecule is Cc1cc(N(C)C2CCC2)c2cc(F)ccc2n1. The van der Waals surface area contributed by atoms with E-state index in [4.69, 9.17) is 0 Å². The number of fused-ring (bicyclic) bond motifs is 1. The highest BCUT2D eigenvalue weighted by molar-refractivity contribution is 5.92. The Morgan fingerprint density at radius 2 is 2.06 bits per heavy atom. The van der Waals surface area contributed by atoms with E-state index < -0.39 is 0 Å². The summed E-state index contributed by atoms with van der Waals surface area (Å²) < 4.78 is 13.4. The molecule has 1 saturated carbocycles. The van der Waals surface area contributed by atoms with Gasteiger partial charge in [-0.3, -0.25) is 4.98 Å². The number of aromatic nitrogens is 1. The first kappa shape index (κ1) is 11.5. The number of anilines is 1. The molecule has 0 N–H and O–H groups in total. The molecule has 0 radical (unpaired) electrons. The molecule has 2 nitrogen and oxygen atoms in total. The number of benzene rings is 1. The standard InChI is InChI=1S/C15H17FN2/c1-10-8-15(18(2)12-4-3-5-12)13-9-11(16)6-7-14(13)17-10/h6-9,12H,3-5H2,1-2H3. The van der Waals surface area contributed by atoms with Crippen molar-refractivity contribution in [1.82, 2.24) is 4.98 Å². The van der Waals surface area contributed by atoms with Crippen LogP contribution in [0.2, 0.25) is 0 Å². The summed E-state index contributed by atoms with van der Waals surface area (Å²) in [5.41, 5.74) is 2.95. The van der Waals surface area contributed by atoms with Gasteiger partial charge >= 0.3 is 0 Å². The zero-order chi connectivity index (χ0) is 12.7. The second kappa shape index (κ2) is 4.23. The van der Waals surface area contributed by atoms with Crippen molar-refractivity contribution in [2.75, 3.05) is 11.9 Å². The van der Waals surface area contributed by atoms with Gasteiger partial charge in [-0.2, -0.15) is 0 Å². The van der Waals surface area contributed by atoms with E-state index in [1.54, 1.807) is 12.1 Å². The van der Waals surface area contributed by atoms with Gasteiger partial charge in [-0.05, 0) is 50.5 Å². The zero-order valence-corrected chi connectivity index (χ0v) is 10.8. The highest BCUT2D eigenvalue weighted by Gasteiger charge is 2.23. The first-order valence-corrected chi connectivity index (χ1v) is 6.45. The molecule has 3 heteroatoms. The molecule has 94 valence electrons. The number of pyridine rings is 1. The van der Waals surface area contributed by atoms with Gasteiger partial charge < -0.3 is 4.90 Å². The quantitative estimate of drug-likeness (QED) is 0.801. The lowest BCUT2D eigenvalue weighted by Gasteiger charge is -2.37. The Kier molecular flexibility index (Phi) is 2.69. The lowest BCUT2D eigenvalue weighted by Crippen LogP contribution is -2.37. The average Bonchev–Trinajstić information content (AvgIpc) is 2.26. The second-order valence-corrected chi connectivity index (χ2v) is 5.14. The lowest BCUT2D eigenvalue weighted by atomic mass is 9.91. The third-order valence-electron chi connectivity index (χ3n) is 3.88. The van der Waals surface area contributed by atoms with Gasteiger partial charge in [0.1, 0.15) is 5.82 Å². The van der Waals surface area contributed by atoms with Gasteiger partial charge in [0.2, 0.25) is 0 Å². The van der Waals surface area contributed by atoms with Crippen LogP contribution in [0.15, 0.2) is 24.3 Å². The molecule has 3 rings (SSSR count). The van der Waals surface area contributed by atoms with Crippen molar-refractivity contribution in [3.05, 3.63) is 35.8 Å². The molecule has 1 aliphatic rings. The third kappa shape index (κ3) is 1.84. The van der Waals surface area contributed by atoms with E-state index >= 15 is 0 Å².